The number of carbonyl (C=O) groups is 1. The molecule has 3 aromatic rings. The minimum Gasteiger partial charge on any atom is -0.406 e. The van der Waals surface area contributed by atoms with Gasteiger partial charge in [0.2, 0.25) is 10.0 Å². The Labute approximate surface area is 181 Å². The number of alkyl halides is 6. The molecule has 0 unspecified atom stereocenters. The van der Waals surface area contributed by atoms with E-state index in [4.69, 9.17) is 5.14 Å². The van der Waals surface area contributed by atoms with E-state index < -0.39 is 45.5 Å². The predicted octanol–water partition coefficient (Wildman–Crippen LogP) is 3.69. The van der Waals surface area contributed by atoms with Crippen LogP contribution in [0.3, 0.4) is 0 Å². The number of nitrogens with two attached hydrogens (primary N) is 1. The van der Waals surface area contributed by atoms with Crippen LogP contribution in [-0.4, -0.2) is 30.5 Å². The molecule has 1 aromatic heterocycles. The van der Waals surface area contributed by atoms with Gasteiger partial charge in [-0.05, 0) is 42.5 Å². The summed E-state index contributed by atoms with van der Waals surface area (Å²) in [5, 5.41) is 10.6. The summed E-state index contributed by atoms with van der Waals surface area (Å²) < 4.78 is 105. The molecule has 0 aliphatic carbocycles. The van der Waals surface area contributed by atoms with Gasteiger partial charge in [-0.1, -0.05) is 6.07 Å². The highest BCUT2D eigenvalue weighted by Gasteiger charge is 2.40. The standard InChI is InChI=1S/C18H12F6N4O4S/c19-17(20,21)15-14(16(29)27-10-2-1-3-13(8-10)33(25,30)31)9-26-28(15)11-4-6-12(7-5-11)32-18(22,23)24/h1-9H,(H,27,29)(H2,25,30,31). The summed E-state index contributed by atoms with van der Waals surface area (Å²) in [6.45, 7) is 0. The summed E-state index contributed by atoms with van der Waals surface area (Å²) in [4.78, 5) is 12.1. The maximum absolute atomic E-state index is 13.7. The zero-order valence-corrected chi connectivity index (χ0v) is 16.8. The maximum atomic E-state index is 13.7. The molecule has 0 spiro atoms. The molecule has 0 saturated carbocycles. The molecular formula is C18H12F6N4O4S. The van der Waals surface area contributed by atoms with E-state index in [1.807, 2.05) is 0 Å². The van der Waals surface area contributed by atoms with Gasteiger partial charge in [-0.25, -0.2) is 18.2 Å². The number of aromatic nitrogens is 2. The summed E-state index contributed by atoms with van der Waals surface area (Å²) in [5.41, 5.74) is -2.88. The number of carbonyl (C=O) groups excluding carboxylic acids is 1. The lowest BCUT2D eigenvalue weighted by atomic mass is 10.2. The molecule has 1 heterocycles. The van der Waals surface area contributed by atoms with Crippen LogP contribution in [0.2, 0.25) is 0 Å². The summed E-state index contributed by atoms with van der Waals surface area (Å²) >= 11 is 0. The Morgan fingerprint density at radius 3 is 2.21 bits per heavy atom. The van der Waals surface area contributed by atoms with E-state index in [2.05, 4.69) is 15.2 Å². The van der Waals surface area contributed by atoms with Crippen molar-refractivity contribution in [3.8, 4) is 11.4 Å². The van der Waals surface area contributed by atoms with Crippen molar-refractivity contribution in [2.45, 2.75) is 17.4 Å². The molecule has 3 rings (SSSR count). The Balaban J connectivity index is 1.96. The number of amides is 1. The van der Waals surface area contributed by atoms with Crippen molar-refractivity contribution in [3.63, 3.8) is 0 Å². The van der Waals surface area contributed by atoms with Crippen LogP contribution >= 0.6 is 0 Å². The second-order valence-corrected chi connectivity index (χ2v) is 7.95. The molecule has 0 bridgehead atoms. The molecule has 0 saturated heterocycles. The van der Waals surface area contributed by atoms with Crippen molar-refractivity contribution in [1.29, 1.82) is 0 Å². The van der Waals surface area contributed by atoms with E-state index in [1.54, 1.807) is 0 Å². The molecule has 1 amide bonds. The van der Waals surface area contributed by atoms with Crippen LogP contribution in [0.4, 0.5) is 32.0 Å². The number of primary sulfonamides is 1. The first-order valence-corrected chi connectivity index (χ1v) is 10.2. The van der Waals surface area contributed by atoms with Crippen LogP contribution in [0.5, 0.6) is 5.75 Å². The molecule has 8 nitrogen and oxygen atoms in total. The average Bonchev–Trinajstić information content (AvgIpc) is 3.13. The zero-order valence-electron chi connectivity index (χ0n) is 16.0. The predicted molar refractivity (Wildman–Crippen MR) is 101 cm³/mol. The molecule has 3 N–H and O–H groups in total. The highest BCUT2D eigenvalue weighted by Crippen LogP contribution is 2.34. The fourth-order valence-electron chi connectivity index (χ4n) is 2.72. The normalized spacial score (nSPS) is 12.5. The van der Waals surface area contributed by atoms with Gasteiger partial charge in [0.25, 0.3) is 5.91 Å². The van der Waals surface area contributed by atoms with Gasteiger partial charge in [-0.2, -0.15) is 18.3 Å². The monoisotopic (exact) mass is 494 g/mol. The van der Waals surface area contributed by atoms with Crippen molar-refractivity contribution in [3.05, 3.63) is 66.0 Å². The van der Waals surface area contributed by atoms with Gasteiger partial charge in [-0.3, -0.25) is 4.79 Å². The lowest BCUT2D eigenvalue weighted by Crippen LogP contribution is -2.21. The van der Waals surface area contributed by atoms with E-state index >= 15 is 0 Å². The molecule has 176 valence electrons. The number of sulfonamides is 1. The van der Waals surface area contributed by atoms with Gasteiger partial charge in [0.1, 0.15) is 5.75 Å². The Bertz CT molecular complexity index is 1280. The van der Waals surface area contributed by atoms with Gasteiger partial charge in [0.15, 0.2) is 5.69 Å². The summed E-state index contributed by atoms with van der Waals surface area (Å²) in [6, 6.07) is 7.85. The minimum absolute atomic E-state index is 0.152. The minimum atomic E-state index is -5.09. The molecule has 0 fully saturated rings. The molecule has 0 atom stereocenters. The fourth-order valence-corrected chi connectivity index (χ4v) is 3.28. The largest absolute Gasteiger partial charge is 0.573 e. The number of halogens is 6. The molecule has 0 aliphatic rings. The number of hydrogen-bond acceptors (Lipinski definition) is 5. The number of nitrogens with zero attached hydrogens (tertiary/aromatic N) is 2. The van der Waals surface area contributed by atoms with Crippen LogP contribution in [0.15, 0.2) is 59.6 Å². The van der Waals surface area contributed by atoms with E-state index in [9.17, 15) is 39.6 Å². The highest BCUT2D eigenvalue weighted by molar-refractivity contribution is 7.89. The van der Waals surface area contributed by atoms with Gasteiger partial charge < -0.3 is 10.1 Å². The second-order valence-electron chi connectivity index (χ2n) is 6.39. The molecule has 15 heteroatoms. The first-order chi connectivity index (χ1) is 15.1. The van der Waals surface area contributed by atoms with E-state index in [0.717, 1.165) is 36.4 Å². The number of benzene rings is 2. The van der Waals surface area contributed by atoms with E-state index in [1.165, 1.54) is 12.1 Å². The van der Waals surface area contributed by atoms with Crippen molar-refractivity contribution in [2.75, 3.05) is 5.32 Å². The van der Waals surface area contributed by atoms with Gasteiger partial charge in [0, 0.05) is 5.69 Å². The van der Waals surface area contributed by atoms with Crippen LogP contribution in [-0.2, 0) is 16.2 Å². The van der Waals surface area contributed by atoms with Gasteiger partial charge in [0.05, 0.1) is 22.3 Å². The quantitative estimate of drug-likeness (QED) is 0.525. The first kappa shape index (κ1) is 24.1. The lowest BCUT2D eigenvalue weighted by Gasteiger charge is -2.14. The van der Waals surface area contributed by atoms with E-state index in [0.29, 0.717) is 10.9 Å². The molecule has 0 radical (unpaired) electrons. The van der Waals surface area contributed by atoms with E-state index in [-0.39, 0.29) is 16.3 Å². The smallest absolute Gasteiger partial charge is 0.406 e. The Morgan fingerprint density at radius 2 is 1.67 bits per heavy atom. The van der Waals surface area contributed by atoms with Crippen LogP contribution in [0, 0.1) is 0 Å². The Kier molecular flexibility index (Phi) is 6.12. The second kappa shape index (κ2) is 8.40. The van der Waals surface area contributed by atoms with Crippen LogP contribution < -0.4 is 15.2 Å². The average molecular weight is 494 g/mol. The van der Waals surface area contributed by atoms with Gasteiger partial charge in [-0.15, -0.1) is 13.2 Å². The Morgan fingerprint density at radius 1 is 1.03 bits per heavy atom. The number of anilines is 1. The molecular weight excluding hydrogens is 482 g/mol. The highest BCUT2D eigenvalue weighted by atomic mass is 32.2. The third-order valence-corrected chi connectivity index (χ3v) is 4.93. The fraction of sp³-hybridized carbons (Fsp3) is 0.111. The lowest BCUT2D eigenvalue weighted by molar-refractivity contribution is -0.274. The van der Waals surface area contributed by atoms with Crippen molar-refractivity contribution in [2.24, 2.45) is 5.14 Å². The van der Waals surface area contributed by atoms with Gasteiger partial charge >= 0.3 is 12.5 Å². The molecule has 33 heavy (non-hydrogen) atoms. The van der Waals surface area contributed by atoms with Crippen LogP contribution in [0.25, 0.3) is 5.69 Å². The Hall–Kier alpha value is -3.59. The topological polar surface area (TPSA) is 116 Å². The first-order valence-electron chi connectivity index (χ1n) is 8.61. The van der Waals surface area contributed by atoms with Crippen molar-refractivity contribution >= 4 is 21.6 Å². The summed E-state index contributed by atoms with van der Waals surface area (Å²) in [7, 11) is -4.13. The number of ether oxygens (including phenoxy) is 1. The zero-order chi connectivity index (χ0) is 24.6. The number of rotatable bonds is 5. The van der Waals surface area contributed by atoms with Crippen molar-refractivity contribution in [1.82, 2.24) is 9.78 Å². The molecule has 0 aliphatic heterocycles. The summed E-state index contributed by atoms with van der Waals surface area (Å²) in [5.74, 6) is -1.93. The van der Waals surface area contributed by atoms with Crippen molar-refractivity contribution < 1.29 is 44.3 Å². The number of hydrogen-bond donors (Lipinski definition) is 2. The van der Waals surface area contributed by atoms with Crippen LogP contribution in [0.1, 0.15) is 16.1 Å². The molecule has 2 aromatic carbocycles. The number of nitrogens with one attached hydrogen (secondary N) is 1. The SMILES string of the molecule is NS(=O)(=O)c1cccc(NC(=O)c2cnn(-c3ccc(OC(F)(F)F)cc3)c2C(F)(F)F)c1. The summed E-state index contributed by atoms with van der Waals surface area (Å²) in [6.07, 6.45) is -9.47. The third-order valence-electron chi connectivity index (χ3n) is 4.02. The third kappa shape index (κ3) is 5.81. The maximum Gasteiger partial charge on any atom is 0.573 e.